The number of H-pyrrole nitrogens is 1. The van der Waals surface area contributed by atoms with Gasteiger partial charge < -0.3 is 20.3 Å². The van der Waals surface area contributed by atoms with Crippen LogP contribution in [-0.4, -0.2) is 56.7 Å². The van der Waals surface area contributed by atoms with Crippen molar-refractivity contribution in [2.75, 3.05) is 18.5 Å². The summed E-state index contributed by atoms with van der Waals surface area (Å²) in [6.45, 7) is 0.665. The van der Waals surface area contributed by atoms with E-state index < -0.39 is 35.5 Å². The molecule has 10 nitrogen and oxygen atoms in total. The van der Waals surface area contributed by atoms with Crippen LogP contribution in [0.1, 0.15) is 22.9 Å². The number of hydrogen-bond donors (Lipinski definition) is 3. The largest absolute Gasteiger partial charge is 0.493 e. The van der Waals surface area contributed by atoms with Gasteiger partial charge in [0.15, 0.2) is 5.82 Å². The first-order chi connectivity index (χ1) is 16.0. The van der Waals surface area contributed by atoms with Gasteiger partial charge in [-0.05, 0) is 41.5 Å². The van der Waals surface area contributed by atoms with Crippen LogP contribution in [0.25, 0.3) is 0 Å². The maximum Gasteiger partial charge on any atom is 0.319 e. The zero-order valence-electron chi connectivity index (χ0n) is 17.2. The molecule has 3 heterocycles. The standard InChI is InChI=1S/C21H19F2N7O3/c22-12-1-3-13(4-2-12)24-21(32)25-19-15(9-30(20(19)31)10-18-26-28-29-27-18)14-7-11-5-6-33-17(11)8-16(14)23/h1-4,7-8,15,19H,5-6,9-10H2,(H2,24,25,32)(H,26,27,28,29)/t15-,19-/m0/s1. The average molecular weight is 455 g/mol. The molecule has 3 aromatic rings. The number of halogens is 2. The Labute approximate surface area is 186 Å². The first-order valence-corrected chi connectivity index (χ1v) is 10.3. The van der Waals surface area contributed by atoms with Crippen LogP contribution in [0.3, 0.4) is 0 Å². The molecule has 170 valence electrons. The molecule has 2 aliphatic rings. The normalized spacial score (nSPS) is 19.3. The summed E-state index contributed by atoms with van der Waals surface area (Å²) >= 11 is 0. The Morgan fingerprint density at radius 2 is 2.06 bits per heavy atom. The van der Waals surface area contributed by atoms with E-state index in [0.717, 1.165) is 5.56 Å². The van der Waals surface area contributed by atoms with E-state index in [2.05, 4.69) is 31.3 Å². The molecule has 1 saturated heterocycles. The van der Waals surface area contributed by atoms with Gasteiger partial charge in [-0.15, -0.1) is 10.2 Å². The second kappa shape index (κ2) is 8.45. The number of likely N-dealkylation sites (tertiary alicyclic amines) is 1. The van der Waals surface area contributed by atoms with Crippen LogP contribution in [0.15, 0.2) is 36.4 Å². The highest BCUT2D eigenvalue weighted by molar-refractivity contribution is 5.95. The fourth-order valence-electron chi connectivity index (χ4n) is 4.15. The van der Waals surface area contributed by atoms with Crippen molar-refractivity contribution >= 4 is 17.6 Å². The molecule has 0 unspecified atom stereocenters. The number of amides is 3. The van der Waals surface area contributed by atoms with Crippen molar-refractivity contribution in [2.45, 2.75) is 24.9 Å². The van der Waals surface area contributed by atoms with E-state index >= 15 is 4.39 Å². The molecule has 0 radical (unpaired) electrons. The fourth-order valence-corrected chi connectivity index (χ4v) is 4.15. The Morgan fingerprint density at radius 3 is 2.82 bits per heavy atom. The Morgan fingerprint density at radius 1 is 1.24 bits per heavy atom. The van der Waals surface area contributed by atoms with Gasteiger partial charge in [-0.1, -0.05) is 5.21 Å². The molecular weight excluding hydrogens is 436 g/mol. The van der Waals surface area contributed by atoms with Crippen LogP contribution >= 0.6 is 0 Å². The summed E-state index contributed by atoms with van der Waals surface area (Å²) in [5.74, 6) is -1.24. The summed E-state index contributed by atoms with van der Waals surface area (Å²) < 4.78 is 33.6. The van der Waals surface area contributed by atoms with Crippen LogP contribution in [0, 0.1) is 11.6 Å². The Kier molecular flexibility index (Phi) is 5.32. The molecule has 2 aromatic carbocycles. The van der Waals surface area contributed by atoms with E-state index in [9.17, 15) is 14.0 Å². The van der Waals surface area contributed by atoms with E-state index in [1.54, 1.807) is 6.07 Å². The van der Waals surface area contributed by atoms with E-state index in [1.807, 2.05) is 0 Å². The lowest BCUT2D eigenvalue weighted by molar-refractivity contribution is -0.129. The van der Waals surface area contributed by atoms with Crippen LogP contribution in [0.5, 0.6) is 5.75 Å². The van der Waals surface area contributed by atoms with Gasteiger partial charge in [-0.3, -0.25) is 4.79 Å². The molecule has 0 spiro atoms. The summed E-state index contributed by atoms with van der Waals surface area (Å²) in [6, 6.07) is 6.50. The van der Waals surface area contributed by atoms with Crippen molar-refractivity contribution in [1.82, 2.24) is 30.8 Å². The number of tetrazole rings is 1. The van der Waals surface area contributed by atoms with Gasteiger partial charge in [0.25, 0.3) is 0 Å². The first-order valence-electron chi connectivity index (χ1n) is 10.3. The maximum atomic E-state index is 15.0. The molecule has 2 atom stereocenters. The van der Waals surface area contributed by atoms with Gasteiger partial charge in [0.1, 0.15) is 23.4 Å². The van der Waals surface area contributed by atoms with Crippen LogP contribution in [0.2, 0.25) is 0 Å². The third-order valence-corrected chi connectivity index (χ3v) is 5.72. The van der Waals surface area contributed by atoms with E-state index in [4.69, 9.17) is 4.74 Å². The first kappa shape index (κ1) is 20.8. The van der Waals surface area contributed by atoms with E-state index in [1.165, 1.54) is 35.2 Å². The van der Waals surface area contributed by atoms with Gasteiger partial charge in [-0.2, -0.15) is 5.21 Å². The number of carbonyl (C=O) groups excluding carboxylic acids is 2. The number of ether oxygens (including phenoxy) is 1. The number of aromatic nitrogens is 4. The third-order valence-electron chi connectivity index (χ3n) is 5.72. The van der Waals surface area contributed by atoms with Gasteiger partial charge in [0, 0.05) is 30.6 Å². The topological polar surface area (TPSA) is 125 Å². The SMILES string of the molecule is O=C(Nc1ccc(F)cc1)N[C@@H]1C(=O)N(Cc2nn[nH]n2)C[C@H]1c1cc2c(cc1F)OCC2. The Hall–Kier alpha value is -4.09. The zero-order valence-corrected chi connectivity index (χ0v) is 17.2. The molecule has 0 bridgehead atoms. The Balaban J connectivity index is 1.41. The summed E-state index contributed by atoms with van der Waals surface area (Å²) in [4.78, 5) is 27.3. The van der Waals surface area contributed by atoms with Crippen LogP contribution in [-0.2, 0) is 17.8 Å². The lowest BCUT2D eigenvalue weighted by Gasteiger charge is -2.20. The predicted octanol–water partition coefficient (Wildman–Crippen LogP) is 1.73. The van der Waals surface area contributed by atoms with Crippen molar-refractivity contribution in [2.24, 2.45) is 0 Å². The van der Waals surface area contributed by atoms with Gasteiger partial charge in [0.05, 0.1) is 13.2 Å². The number of aromatic amines is 1. The van der Waals surface area contributed by atoms with Crippen molar-refractivity contribution in [1.29, 1.82) is 0 Å². The number of nitrogens with zero attached hydrogens (tertiary/aromatic N) is 4. The number of carbonyl (C=O) groups is 2. The number of rotatable bonds is 5. The summed E-state index contributed by atoms with van der Waals surface area (Å²) in [5.41, 5.74) is 1.51. The summed E-state index contributed by atoms with van der Waals surface area (Å²) in [7, 11) is 0. The highest BCUT2D eigenvalue weighted by Crippen LogP contribution is 2.36. The lowest BCUT2D eigenvalue weighted by Crippen LogP contribution is -2.45. The number of hydrogen-bond acceptors (Lipinski definition) is 6. The molecule has 3 amide bonds. The van der Waals surface area contributed by atoms with Crippen molar-refractivity contribution in [3.63, 3.8) is 0 Å². The summed E-state index contributed by atoms with van der Waals surface area (Å²) in [6.07, 6.45) is 0.638. The quantitative estimate of drug-likeness (QED) is 0.538. The fraction of sp³-hybridized carbons (Fsp3) is 0.286. The number of nitrogens with one attached hydrogen (secondary N) is 3. The van der Waals surface area contributed by atoms with Crippen molar-refractivity contribution in [3.05, 3.63) is 65.0 Å². The van der Waals surface area contributed by atoms with Crippen molar-refractivity contribution in [3.8, 4) is 5.75 Å². The van der Waals surface area contributed by atoms with Crippen LogP contribution < -0.4 is 15.4 Å². The minimum Gasteiger partial charge on any atom is -0.493 e. The van der Waals surface area contributed by atoms with Gasteiger partial charge in [-0.25, -0.2) is 13.6 Å². The lowest BCUT2D eigenvalue weighted by atomic mass is 9.91. The number of fused-ring (bicyclic) bond motifs is 1. The summed E-state index contributed by atoms with van der Waals surface area (Å²) in [5, 5.41) is 18.7. The number of urea groups is 1. The molecule has 1 fully saturated rings. The predicted molar refractivity (Wildman–Crippen MR) is 110 cm³/mol. The van der Waals surface area contributed by atoms with E-state index in [-0.39, 0.29) is 13.1 Å². The minimum absolute atomic E-state index is 0.0548. The van der Waals surface area contributed by atoms with E-state index in [0.29, 0.717) is 35.9 Å². The highest BCUT2D eigenvalue weighted by atomic mass is 19.1. The van der Waals surface area contributed by atoms with Gasteiger partial charge in [0.2, 0.25) is 5.91 Å². The monoisotopic (exact) mass is 455 g/mol. The molecule has 5 rings (SSSR count). The molecule has 1 aromatic heterocycles. The molecule has 3 N–H and O–H groups in total. The average Bonchev–Trinajstić information content (AvgIpc) is 3.53. The molecule has 12 heteroatoms. The van der Waals surface area contributed by atoms with Crippen molar-refractivity contribution < 1.29 is 23.1 Å². The minimum atomic E-state index is -1.03. The third kappa shape index (κ3) is 4.19. The molecular formula is C21H19F2N7O3. The molecule has 0 saturated carbocycles. The zero-order chi connectivity index (χ0) is 22.9. The Bertz CT molecular complexity index is 1190. The maximum absolute atomic E-state index is 15.0. The highest BCUT2D eigenvalue weighted by Gasteiger charge is 2.44. The molecule has 33 heavy (non-hydrogen) atoms. The molecule has 2 aliphatic heterocycles. The number of anilines is 1. The number of benzene rings is 2. The molecule has 0 aliphatic carbocycles. The second-order valence-corrected chi connectivity index (χ2v) is 7.82. The smallest absolute Gasteiger partial charge is 0.319 e. The second-order valence-electron chi connectivity index (χ2n) is 7.82. The van der Waals surface area contributed by atoms with Gasteiger partial charge >= 0.3 is 6.03 Å². The van der Waals surface area contributed by atoms with Crippen LogP contribution in [0.4, 0.5) is 19.3 Å².